The van der Waals surface area contributed by atoms with E-state index in [-0.39, 0.29) is 67.9 Å². The van der Waals surface area contributed by atoms with Crippen molar-refractivity contribution >= 4 is 34.0 Å². The van der Waals surface area contributed by atoms with E-state index in [1.165, 1.54) is 0 Å². The fourth-order valence-electron chi connectivity index (χ4n) is 0. The monoisotopic (exact) mass is 164 g/mol. The van der Waals surface area contributed by atoms with E-state index in [9.17, 15) is 0 Å². The molecule has 0 spiro atoms. The molecule has 0 bridgehead atoms. The number of hydrogen-bond donors (Lipinski definition) is 0. The molecule has 0 aliphatic heterocycles. The molecular formula is H2CrMgNiSi. The van der Waals surface area contributed by atoms with Crippen molar-refractivity contribution in [3.05, 3.63) is 0 Å². The maximum Gasteiger partial charge on any atom is 0.316 e. The second-order valence-electron chi connectivity index (χ2n) is 0. The van der Waals surface area contributed by atoms with E-state index in [4.69, 9.17) is 0 Å². The standard InChI is InChI=1S/Cr.Mg.Ni.Si.2H. The normalized spacial score (nSPS) is 0. The smallest absolute Gasteiger partial charge is 0 e. The molecule has 4 heavy (non-hydrogen) atoms. The van der Waals surface area contributed by atoms with Crippen molar-refractivity contribution in [3.63, 3.8) is 0 Å². The predicted octanol–water partition coefficient (Wildman–Crippen LogP) is -1.30. The summed E-state index contributed by atoms with van der Waals surface area (Å²) >= 11 is 0. The van der Waals surface area contributed by atoms with E-state index < -0.39 is 0 Å². The Bertz CT molecular complexity index is 8.00. The molecule has 0 heterocycles. The van der Waals surface area contributed by atoms with Crippen LogP contribution in [0.1, 0.15) is 0 Å². The van der Waals surface area contributed by atoms with Crippen molar-refractivity contribution in [1.29, 1.82) is 0 Å². The van der Waals surface area contributed by atoms with Crippen LogP contribution in [-0.2, 0) is 33.9 Å². The van der Waals surface area contributed by atoms with Crippen molar-refractivity contribution in [2.24, 2.45) is 0 Å². The van der Waals surface area contributed by atoms with E-state index >= 15 is 0 Å². The molecule has 4 heteroatoms. The van der Waals surface area contributed by atoms with Crippen molar-refractivity contribution < 1.29 is 33.9 Å². The van der Waals surface area contributed by atoms with E-state index in [0.29, 0.717) is 0 Å². The molecule has 0 aliphatic rings. The first-order valence-electron chi connectivity index (χ1n) is 0. The molecule has 0 N–H and O–H groups in total. The maximum absolute atomic E-state index is 0. The quantitative estimate of drug-likeness (QED) is 0.391. The van der Waals surface area contributed by atoms with Gasteiger partial charge in [0.05, 0.1) is 0 Å². The number of rotatable bonds is 0. The zero-order chi connectivity index (χ0) is 0. The Kier molecular flexibility index (Phi) is 186. The first kappa shape index (κ1) is 37.4. The predicted molar refractivity (Wildman–Crippen MR) is 14.3 cm³/mol. The van der Waals surface area contributed by atoms with Crippen LogP contribution in [0.25, 0.3) is 0 Å². The minimum atomic E-state index is 0. The van der Waals surface area contributed by atoms with Gasteiger partial charge in [-0.1, -0.05) is 0 Å². The van der Waals surface area contributed by atoms with E-state index in [2.05, 4.69) is 0 Å². The molecule has 0 aliphatic carbocycles. The molecule has 0 aromatic heterocycles. The van der Waals surface area contributed by atoms with E-state index in [1.807, 2.05) is 0 Å². The molecule has 0 atom stereocenters. The molecule has 4 radical (unpaired) electrons. The zero-order valence-electron chi connectivity index (χ0n) is 1.22. The van der Waals surface area contributed by atoms with Gasteiger partial charge in [-0.25, -0.2) is 0 Å². The summed E-state index contributed by atoms with van der Waals surface area (Å²) in [5.74, 6) is 0. The van der Waals surface area contributed by atoms with Gasteiger partial charge in [-0.3, -0.25) is 0 Å². The van der Waals surface area contributed by atoms with Gasteiger partial charge in [-0.2, -0.15) is 0 Å². The number of hydrogen-bond acceptors (Lipinski definition) is 0. The van der Waals surface area contributed by atoms with Crippen LogP contribution in [0.3, 0.4) is 0 Å². The van der Waals surface area contributed by atoms with Crippen LogP contribution in [0.5, 0.6) is 0 Å². The Morgan fingerprint density at radius 3 is 1.00 bits per heavy atom. The molecule has 0 unspecified atom stereocenters. The van der Waals surface area contributed by atoms with Crippen molar-refractivity contribution in [3.8, 4) is 0 Å². The molecular weight excluding hydrogens is 163 g/mol. The Balaban J connectivity index is 0. The molecule has 0 rings (SSSR count). The first-order chi connectivity index (χ1) is 0. The molecule has 0 saturated heterocycles. The van der Waals surface area contributed by atoms with Crippen LogP contribution in [0.2, 0.25) is 0 Å². The Morgan fingerprint density at radius 1 is 1.00 bits per heavy atom. The second kappa shape index (κ2) is 19.9. The summed E-state index contributed by atoms with van der Waals surface area (Å²) in [4.78, 5) is 0. The van der Waals surface area contributed by atoms with Gasteiger partial charge in [-0.15, -0.1) is 0 Å². The first-order valence-corrected chi connectivity index (χ1v) is 0. The summed E-state index contributed by atoms with van der Waals surface area (Å²) in [5, 5.41) is 0. The molecule has 0 aromatic rings. The Morgan fingerprint density at radius 2 is 1.00 bits per heavy atom. The molecule has 0 fully saturated rings. The van der Waals surface area contributed by atoms with E-state index in [1.54, 1.807) is 0 Å². The topological polar surface area (TPSA) is 0 Å². The third-order valence-electron chi connectivity index (χ3n) is 0. The fraction of sp³-hybridized carbons (Fsp3) is 0. The van der Waals surface area contributed by atoms with Crippen molar-refractivity contribution in [2.75, 3.05) is 0 Å². The SMILES string of the molecule is [Cr].[MgH2].[Ni].[Si]. The Labute approximate surface area is 67.3 Å². The van der Waals surface area contributed by atoms with Gasteiger partial charge < -0.3 is 0 Å². The van der Waals surface area contributed by atoms with Crippen LogP contribution in [0, 0.1) is 0 Å². The van der Waals surface area contributed by atoms with Gasteiger partial charge in [0.2, 0.25) is 0 Å². The van der Waals surface area contributed by atoms with Gasteiger partial charge in [0.25, 0.3) is 0 Å². The van der Waals surface area contributed by atoms with Crippen LogP contribution < -0.4 is 0 Å². The van der Waals surface area contributed by atoms with Crippen LogP contribution in [0.4, 0.5) is 0 Å². The van der Waals surface area contributed by atoms with E-state index in [0.717, 1.165) is 0 Å². The third kappa shape index (κ3) is 8.99. The van der Waals surface area contributed by atoms with Crippen molar-refractivity contribution in [1.82, 2.24) is 0 Å². The molecule has 24 valence electrons. The van der Waals surface area contributed by atoms with Crippen molar-refractivity contribution in [2.45, 2.75) is 0 Å². The van der Waals surface area contributed by atoms with Gasteiger partial charge >= 0.3 is 23.1 Å². The fourth-order valence-corrected chi connectivity index (χ4v) is 0. The summed E-state index contributed by atoms with van der Waals surface area (Å²) in [5.41, 5.74) is 0. The molecule has 0 amide bonds. The van der Waals surface area contributed by atoms with Crippen LogP contribution in [-0.4, -0.2) is 34.0 Å². The van der Waals surface area contributed by atoms with Gasteiger partial charge in [0.15, 0.2) is 0 Å². The summed E-state index contributed by atoms with van der Waals surface area (Å²) in [7, 11) is 0. The van der Waals surface area contributed by atoms with Gasteiger partial charge in [0.1, 0.15) is 0 Å². The van der Waals surface area contributed by atoms with Crippen LogP contribution in [0.15, 0.2) is 0 Å². The summed E-state index contributed by atoms with van der Waals surface area (Å²) in [6.45, 7) is 0. The van der Waals surface area contributed by atoms with Gasteiger partial charge in [-0.05, 0) is 0 Å². The minimum Gasteiger partial charge on any atom is 0 e. The van der Waals surface area contributed by atoms with Crippen LogP contribution >= 0.6 is 0 Å². The average molecular weight is 165 g/mol. The maximum atomic E-state index is 0. The summed E-state index contributed by atoms with van der Waals surface area (Å²) < 4.78 is 0. The zero-order valence-corrected chi connectivity index (χ0v) is 4.49. The molecule has 0 saturated carbocycles. The third-order valence-corrected chi connectivity index (χ3v) is 0. The Hall–Kier alpha value is 2.01. The minimum absolute atomic E-state index is 0. The second-order valence-corrected chi connectivity index (χ2v) is 0. The largest absolute Gasteiger partial charge is 0.316 e. The molecule has 0 nitrogen and oxygen atoms in total. The average Bonchev–Trinajstić information content (AvgIpc) is 0. The summed E-state index contributed by atoms with van der Waals surface area (Å²) in [6, 6.07) is 0. The molecule has 0 aromatic carbocycles. The van der Waals surface area contributed by atoms with Gasteiger partial charge in [0, 0.05) is 44.8 Å². The summed E-state index contributed by atoms with van der Waals surface area (Å²) in [6.07, 6.45) is 0.